The molecule has 2 heterocycles. The van der Waals surface area contributed by atoms with E-state index >= 15 is 0 Å². The SMILES string of the molecule is CC1CCC(C)CCN(Cc2ccccc2)CC2C=CC=C(CN(Cc3ccccc3)CC1)N2. The van der Waals surface area contributed by atoms with Crippen LogP contribution in [0.3, 0.4) is 0 Å². The van der Waals surface area contributed by atoms with Gasteiger partial charge in [-0.3, -0.25) is 9.80 Å². The average Bonchev–Trinajstić information content (AvgIpc) is 2.86. The van der Waals surface area contributed by atoms with Crippen LogP contribution in [0.1, 0.15) is 50.7 Å². The van der Waals surface area contributed by atoms with Gasteiger partial charge in [-0.15, -0.1) is 0 Å². The highest BCUT2D eigenvalue weighted by Gasteiger charge is 2.19. The zero-order valence-electron chi connectivity index (χ0n) is 21.2. The molecule has 0 saturated carbocycles. The van der Waals surface area contributed by atoms with Gasteiger partial charge in [-0.25, -0.2) is 0 Å². The summed E-state index contributed by atoms with van der Waals surface area (Å²) >= 11 is 0. The summed E-state index contributed by atoms with van der Waals surface area (Å²) in [5, 5.41) is 3.87. The molecule has 4 rings (SSSR count). The number of benzene rings is 2. The molecule has 1 fully saturated rings. The Morgan fingerprint density at radius 1 is 0.735 bits per heavy atom. The van der Waals surface area contributed by atoms with Crippen molar-refractivity contribution in [2.75, 3.05) is 26.2 Å². The van der Waals surface area contributed by atoms with Crippen molar-refractivity contribution in [1.29, 1.82) is 0 Å². The number of hydrogen-bond acceptors (Lipinski definition) is 3. The highest BCUT2D eigenvalue weighted by Crippen LogP contribution is 2.21. The van der Waals surface area contributed by atoms with E-state index < -0.39 is 0 Å². The topological polar surface area (TPSA) is 18.5 Å². The quantitative estimate of drug-likeness (QED) is 0.585. The van der Waals surface area contributed by atoms with Gasteiger partial charge in [0.2, 0.25) is 0 Å². The van der Waals surface area contributed by atoms with E-state index in [0.29, 0.717) is 6.04 Å². The monoisotopic (exact) mass is 457 g/mol. The van der Waals surface area contributed by atoms with Crippen molar-refractivity contribution >= 4 is 0 Å². The Morgan fingerprint density at radius 3 is 1.91 bits per heavy atom. The Balaban J connectivity index is 1.48. The molecule has 2 aliphatic rings. The second-order valence-electron chi connectivity index (χ2n) is 10.6. The van der Waals surface area contributed by atoms with E-state index in [1.165, 1.54) is 42.5 Å². The predicted octanol–water partition coefficient (Wildman–Crippen LogP) is 6.25. The zero-order valence-corrected chi connectivity index (χ0v) is 21.2. The minimum Gasteiger partial charge on any atom is -0.380 e. The van der Waals surface area contributed by atoms with Gasteiger partial charge in [-0.05, 0) is 55.0 Å². The summed E-state index contributed by atoms with van der Waals surface area (Å²) in [6.07, 6.45) is 12.1. The molecule has 3 atom stereocenters. The Morgan fingerprint density at radius 2 is 1.29 bits per heavy atom. The Kier molecular flexibility index (Phi) is 9.41. The zero-order chi connectivity index (χ0) is 23.6. The Labute approximate surface area is 207 Å². The fraction of sp³-hybridized carbons (Fsp3) is 0.484. The number of fused-ring (bicyclic) bond motifs is 2. The molecule has 2 bridgehead atoms. The molecule has 1 saturated heterocycles. The summed E-state index contributed by atoms with van der Waals surface area (Å²) in [4.78, 5) is 5.29. The van der Waals surface area contributed by atoms with E-state index in [0.717, 1.165) is 51.1 Å². The number of dihydropyridines is 1. The summed E-state index contributed by atoms with van der Waals surface area (Å²) in [7, 11) is 0. The maximum atomic E-state index is 3.87. The maximum absolute atomic E-state index is 3.87. The smallest absolute Gasteiger partial charge is 0.0572 e. The normalized spacial score (nSPS) is 25.6. The first-order valence-electron chi connectivity index (χ1n) is 13.3. The number of rotatable bonds is 4. The lowest BCUT2D eigenvalue weighted by Crippen LogP contribution is -2.43. The van der Waals surface area contributed by atoms with Crippen molar-refractivity contribution in [3.05, 3.63) is 95.7 Å². The summed E-state index contributed by atoms with van der Waals surface area (Å²) in [5.74, 6) is 1.55. The van der Waals surface area contributed by atoms with E-state index in [2.05, 4.69) is 108 Å². The minimum absolute atomic E-state index is 0.363. The number of nitrogens with one attached hydrogen (secondary N) is 1. The second-order valence-corrected chi connectivity index (χ2v) is 10.6. The van der Waals surface area contributed by atoms with Crippen molar-refractivity contribution in [2.45, 2.75) is 58.7 Å². The largest absolute Gasteiger partial charge is 0.380 e. The third-order valence-electron chi connectivity index (χ3n) is 7.39. The van der Waals surface area contributed by atoms with Gasteiger partial charge in [0.25, 0.3) is 0 Å². The van der Waals surface area contributed by atoms with Crippen LogP contribution in [-0.2, 0) is 13.1 Å². The van der Waals surface area contributed by atoms with E-state index in [-0.39, 0.29) is 0 Å². The molecule has 0 radical (unpaired) electrons. The molecule has 3 nitrogen and oxygen atoms in total. The van der Waals surface area contributed by atoms with Crippen LogP contribution in [0.4, 0.5) is 0 Å². The van der Waals surface area contributed by atoms with E-state index in [1.54, 1.807) is 0 Å². The van der Waals surface area contributed by atoms with Crippen LogP contribution in [0, 0.1) is 11.8 Å². The van der Waals surface area contributed by atoms with Crippen molar-refractivity contribution in [3.63, 3.8) is 0 Å². The minimum atomic E-state index is 0.363. The second kappa shape index (κ2) is 12.9. The molecule has 0 aliphatic carbocycles. The van der Waals surface area contributed by atoms with Gasteiger partial charge < -0.3 is 5.32 Å². The van der Waals surface area contributed by atoms with Gasteiger partial charge in [-0.1, -0.05) is 99.5 Å². The van der Waals surface area contributed by atoms with E-state index in [1.807, 2.05) is 0 Å². The summed E-state index contributed by atoms with van der Waals surface area (Å²) in [6, 6.07) is 22.3. The van der Waals surface area contributed by atoms with Crippen molar-refractivity contribution in [3.8, 4) is 0 Å². The summed E-state index contributed by atoms with van der Waals surface area (Å²) in [6.45, 7) is 11.3. The fourth-order valence-electron chi connectivity index (χ4n) is 5.16. The van der Waals surface area contributed by atoms with Gasteiger partial charge in [0.1, 0.15) is 0 Å². The van der Waals surface area contributed by atoms with Crippen LogP contribution in [-0.4, -0.2) is 42.0 Å². The lowest BCUT2D eigenvalue weighted by Gasteiger charge is -2.31. The highest BCUT2D eigenvalue weighted by molar-refractivity contribution is 5.22. The van der Waals surface area contributed by atoms with E-state index in [9.17, 15) is 0 Å². The van der Waals surface area contributed by atoms with Crippen LogP contribution in [0.2, 0.25) is 0 Å². The molecule has 0 spiro atoms. The molecule has 182 valence electrons. The molecule has 3 unspecified atom stereocenters. The first-order valence-corrected chi connectivity index (χ1v) is 13.3. The molecule has 3 heteroatoms. The highest BCUT2D eigenvalue weighted by atomic mass is 15.2. The van der Waals surface area contributed by atoms with Crippen LogP contribution >= 0.6 is 0 Å². The standard InChI is InChI=1S/C31H43N3/c1-26-16-17-27(2)19-21-34(23-29-12-7-4-8-13-29)25-31-15-9-14-30(32-31)24-33(20-18-26)22-28-10-5-3-6-11-28/h3-15,26-27,30,32H,16-25H2,1-2H3. The average molecular weight is 458 g/mol. The van der Waals surface area contributed by atoms with Gasteiger partial charge >= 0.3 is 0 Å². The number of nitrogens with zero attached hydrogens (tertiary/aromatic N) is 2. The third kappa shape index (κ3) is 8.14. The Hall–Kier alpha value is -2.36. The predicted molar refractivity (Wildman–Crippen MR) is 144 cm³/mol. The third-order valence-corrected chi connectivity index (χ3v) is 7.39. The fourth-order valence-corrected chi connectivity index (χ4v) is 5.16. The molecule has 1 N–H and O–H groups in total. The molecule has 0 amide bonds. The van der Waals surface area contributed by atoms with Crippen molar-refractivity contribution in [1.82, 2.24) is 15.1 Å². The summed E-state index contributed by atoms with van der Waals surface area (Å²) < 4.78 is 0. The van der Waals surface area contributed by atoms with Crippen LogP contribution in [0.15, 0.2) is 84.6 Å². The Bertz CT molecular complexity index is 905. The molecule has 2 aliphatic heterocycles. The first kappa shape index (κ1) is 24.8. The first-order chi connectivity index (χ1) is 16.6. The van der Waals surface area contributed by atoms with Crippen molar-refractivity contribution < 1.29 is 0 Å². The van der Waals surface area contributed by atoms with Crippen LogP contribution < -0.4 is 5.32 Å². The molecule has 2 aromatic carbocycles. The van der Waals surface area contributed by atoms with Gasteiger partial charge in [-0.2, -0.15) is 0 Å². The van der Waals surface area contributed by atoms with Crippen LogP contribution in [0.5, 0.6) is 0 Å². The van der Waals surface area contributed by atoms with E-state index in [4.69, 9.17) is 0 Å². The number of allylic oxidation sites excluding steroid dienone is 2. The lowest BCUT2D eigenvalue weighted by atomic mass is 9.93. The van der Waals surface area contributed by atoms with Gasteiger partial charge in [0, 0.05) is 31.9 Å². The lowest BCUT2D eigenvalue weighted by molar-refractivity contribution is 0.229. The van der Waals surface area contributed by atoms with Crippen LogP contribution in [0.25, 0.3) is 0 Å². The molecule has 0 aromatic heterocycles. The van der Waals surface area contributed by atoms with Gasteiger partial charge in [0.15, 0.2) is 0 Å². The molecule has 34 heavy (non-hydrogen) atoms. The number of hydrogen-bond donors (Lipinski definition) is 1. The maximum Gasteiger partial charge on any atom is 0.0572 e. The van der Waals surface area contributed by atoms with Crippen molar-refractivity contribution in [2.24, 2.45) is 11.8 Å². The molecular formula is C31H43N3. The molecule has 2 aromatic rings. The molecular weight excluding hydrogens is 414 g/mol. The summed E-state index contributed by atoms with van der Waals surface area (Å²) in [5.41, 5.74) is 4.16. The van der Waals surface area contributed by atoms with Gasteiger partial charge in [0.05, 0.1) is 6.04 Å².